The molecule has 0 amide bonds. The fraction of sp³-hybridized carbons (Fsp3) is 1.00. The van der Waals surface area contributed by atoms with Crippen molar-refractivity contribution in [3.8, 4) is 0 Å². The molecule has 1 aliphatic heterocycles. The van der Waals surface area contributed by atoms with Crippen LogP contribution in [0.5, 0.6) is 0 Å². The predicted octanol–water partition coefficient (Wildman–Crippen LogP) is -0.150. The molecule has 0 bridgehead atoms. The van der Waals surface area contributed by atoms with Gasteiger partial charge < -0.3 is 9.63 Å². The molecule has 0 aromatic rings. The number of hydroxylamine groups is 2. The first-order chi connectivity index (χ1) is 4.79. The molecule has 7 heteroatoms. The molecule has 1 unspecified atom stereocenters. The van der Waals surface area contributed by atoms with Crippen LogP contribution < -0.4 is 5.50 Å². The van der Waals surface area contributed by atoms with Gasteiger partial charge in [0.1, 0.15) is 0 Å². The molecule has 1 rings (SSSR count). The zero-order valence-corrected chi connectivity index (χ0v) is 7.68. The molecule has 0 saturated carbocycles. The van der Waals surface area contributed by atoms with Gasteiger partial charge in [-0.2, -0.15) is 5.06 Å². The molecule has 0 radical (unpaired) electrons. The lowest BCUT2D eigenvalue weighted by molar-refractivity contribution is -0.117. The van der Waals surface area contributed by atoms with E-state index >= 15 is 0 Å². The summed E-state index contributed by atoms with van der Waals surface area (Å²) in [6.45, 7) is 2.64. The Morgan fingerprint density at radius 3 is 2.45 bits per heavy atom. The van der Waals surface area contributed by atoms with Crippen LogP contribution in [-0.4, -0.2) is 36.3 Å². The van der Waals surface area contributed by atoms with Crippen LogP contribution in [0.25, 0.3) is 0 Å². The average molecular weight is 203 g/mol. The highest BCUT2D eigenvalue weighted by Crippen LogP contribution is 2.21. The zero-order chi connectivity index (χ0) is 7.40. The van der Waals surface area contributed by atoms with Crippen LogP contribution in [0.3, 0.4) is 0 Å². The Hall–Kier alpha value is 0.520. The largest absolute Gasteiger partial charge is 0.379 e. The summed E-state index contributed by atoms with van der Waals surface area (Å²) in [6.07, 6.45) is 0. The molecule has 0 spiro atoms. The van der Waals surface area contributed by atoms with Crippen LogP contribution in [0.15, 0.2) is 0 Å². The Kier molecular flexibility index (Phi) is 6.37. The zero-order valence-electron chi connectivity index (χ0n) is 5.97. The third kappa shape index (κ3) is 4.87. The summed E-state index contributed by atoms with van der Waals surface area (Å²) in [5.74, 6) is 0. The molecule has 0 aromatic heterocycles. The van der Waals surface area contributed by atoms with Gasteiger partial charge >= 0.3 is 0 Å². The van der Waals surface area contributed by atoms with Gasteiger partial charge in [0.2, 0.25) is 0 Å². The van der Waals surface area contributed by atoms with E-state index in [1.807, 2.05) is 0 Å². The summed E-state index contributed by atoms with van der Waals surface area (Å²) in [7, 11) is -1.75. The highest BCUT2D eigenvalue weighted by molar-refractivity contribution is 7.43. The van der Waals surface area contributed by atoms with Crippen LogP contribution in [0.4, 0.5) is 0 Å². The van der Waals surface area contributed by atoms with Gasteiger partial charge in [0.05, 0.1) is 13.2 Å². The molecule has 1 heterocycles. The van der Waals surface area contributed by atoms with E-state index < -0.39 is 8.53 Å². The molecule has 1 saturated heterocycles. The Morgan fingerprint density at radius 1 is 1.45 bits per heavy atom. The number of hydrogen-bond acceptors (Lipinski definition) is 5. The minimum atomic E-state index is -1.75. The molecule has 0 aliphatic carbocycles. The van der Waals surface area contributed by atoms with E-state index in [1.54, 1.807) is 5.06 Å². The van der Waals surface area contributed by atoms with E-state index in [9.17, 15) is 0 Å². The fourth-order valence-corrected chi connectivity index (χ4v) is 1.15. The van der Waals surface area contributed by atoms with Gasteiger partial charge in [-0.3, -0.25) is 5.50 Å². The quantitative estimate of drug-likeness (QED) is 0.610. The lowest BCUT2D eigenvalue weighted by Crippen LogP contribution is -2.35. The first-order valence-corrected chi connectivity index (χ1v) is 4.31. The number of halogens is 1. The van der Waals surface area contributed by atoms with Gasteiger partial charge in [-0.15, -0.1) is 12.4 Å². The van der Waals surface area contributed by atoms with Gasteiger partial charge in [-0.25, -0.2) is 4.62 Å². The van der Waals surface area contributed by atoms with Crippen molar-refractivity contribution in [2.45, 2.75) is 0 Å². The van der Waals surface area contributed by atoms with E-state index in [-0.39, 0.29) is 12.4 Å². The number of nitrogens with zero attached hydrogens (tertiary/aromatic N) is 1. The Balaban J connectivity index is 0.000001000. The second-order valence-electron chi connectivity index (χ2n) is 1.93. The third-order valence-electron chi connectivity index (χ3n) is 1.17. The first kappa shape index (κ1) is 11.5. The molecule has 0 aromatic carbocycles. The van der Waals surface area contributed by atoms with Crippen LogP contribution in [-0.2, 0) is 9.36 Å². The van der Waals surface area contributed by atoms with Crippen LogP contribution >= 0.6 is 20.9 Å². The van der Waals surface area contributed by atoms with Crippen molar-refractivity contribution in [2.75, 3.05) is 26.3 Å². The standard InChI is InChI=1S/C4H11N2O3P.ClH/c5-10(7)9-6-1-3-8-4-2-6;/h7H,1-5H2;1H. The number of rotatable bonds is 2. The van der Waals surface area contributed by atoms with E-state index in [1.165, 1.54) is 0 Å². The minimum Gasteiger partial charge on any atom is -0.379 e. The van der Waals surface area contributed by atoms with Crippen LogP contribution in [0.1, 0.15) is 0 Å². The molecule has 1 fully saturated rings. The number of morpholine rings is 1. The molecular formula is C4H12ClN2O3P. The van der Waals surface area contributed by atoms with Crippen molar-refractivity contribution in [3.63, 3.8) is 0 Å². The minimum absolute atomic E-state index is 0. The van der Waals surface area contributed by atoms with Gasteiger partial charge in [0.15, 0.2) is 0 Å². The monoisotopic (exact) mass is 202 g/mol. The summed E-state index contributed by atoms with van der Waals surface area (Å²) in [5.41, 5.74) is 5.04. The molecule has 1 atom stereocenters. The average Bonchev–Trinajstić information content (AvgIpc) is 1.88. The number of ether oxygens (including phenoxy) is 1. The molecule has 68 valence electrons. The maximum Gasteiger partial charge on any atom is 0.268 e. The molecule has 5 nitrogen and oxygen atoms in total. The second-order valence-corrected chi connectivity index (χ2v) is 2.69. The van der Waals surface area contributed by atoms with Crippen molar-refractivity contribution >= 4 is 20.9 Å². The van der Waals surface area contributed by atoms with Gasteiger partial charge in [0.25, 0.3) is 8.53 Å². The molecular weight excluding hydrogens is 190 g/mol. The van der Waals surface area contributed by atoms with E-state index in [0.717, 1.165) is 0 Å². The Bertz CT molecular complexity index is 101. The summed E-state index contributed by atoms with van der Waals surface area (Å²) in [6, 6.07) is 0. The Morgan fingerprint density at radius 2 is 2.00 bits per heavy atom. The lowest BCUT2D eigenvalue weighted by atomic mass is 10.5. The van der Waals surface area contributed by atoms with Crippen molar-refractivity contribution in [3.05, 3.63) is 0 Å². The normalized spacial score (nSPS) is 22.4. The van der Waals surface area contributed by atoms with Crippen LogP contribution in [0, 0.1) is 0 Å². The molecule has 3 N–H and O–H groups in total. The maximum atomic E-state index is 8.64. The SMILES string of the molecule is Cl.NP(O)ON1CCOCC1. The van der Waals surface area contributed by atoms with Crippen LogP contribution in [0.2, 0.25) is 0 Å². The van der Waals surface area contributed by atoms with E-state index in [4.69, 9.17) is 19.8 Å². The van der Waals surface area contributed by atoms with Crippen molar-refractivity contribution in [2.24, 2.45) is 5.50 Å². The highest BCUT2D eigenvalue weighted by Gasteiger charge is 2.12. The summed E-state index contributed by atoms with van der Waals surface area (Å²) in [4.78, 5) is 8.64. The number of nitrogens with two attached hydrogens (primary N) is 1. The van der Waals surface area contributed by atoms with Gasteiger partial charge in [-0.1, -0.05) is 0 Å². The summed E-state index contributed by atoms with van der Waals surface area (Å²) in [5, 5.41) is 1.62. The predicted molar refractivity (Wildman–Crippen MR) is 44.1 cm³/mol. The smallest absolute Gasteiger partial charge is 0.268 e. The maximum absolute atomic E-state index is 8.64. The van der Waals surface area contributed by atoms with Gasteiger partial charge in [0, 0.05) is 13.1 Å². The Labute approximate surface area is 72.8 Å². The molecule has 11 heavy (non-hydrogen) atoms. The van der Waals surface area contributed by atoms with Crippen molar-refractivity contribution in [1.29, 1.82) is 0 Å². The van der Waals surface area contributed by atoms with Crippen molar-refractivity contribution in [1.82, 2.24) is 5.06 Å². The summed E-state index contributed by atoms with van der Waals surface area (Å²) < 4.78 is 9.89. The van der Waals surface area contributed by atoms with E-state index in [0.29, 0.717) is 26.3 Å². The first-order valence-electron chi connectivity index (χ1n) is 3.03. The van der Waals surface area contributed by atoms with Crippen molar-refractivity contribution < 1.29 is 14.3 Å². The second kappa shape index (κ2) is 6.08. The van der Waals surface area contributed by atoms with Gasteiger partial charge in [-0.05, 0) is 0 Å². The number of hydrogen-bond donors (Lipinski definition) is 2. The highest BCUT2D eigenvalue weighted by atomic mass is 35.5. The lowest BCUT2D eigenvalue weighted by Gasteiger charge is -2.25. The molecule has 1 aliphatic rings. The summed E-state index contributed by atoms with van der Waals surface area (Å²) >= 11 is 0. The third-order valence-corrected chi connectivity index (χ3v) is 1.57. The van der Waals surface area contributed by atoms with E-state index in [2.05, 4.69) is 0 Å². The topological polar surface area (TPSA) is 68.0 Å². The fourth-order valence-electron chi connectivity index (χ4n) is 0.747.